The van der Waals surface area contributed by atoms with Gasteiger partial charge >= 0.3 is 5.97 Å². The van der Waals surface area contributed by atoms with Crippen LogP contribution >= 0.6 is 0 Å². The van der Waals surface area contributed by atoms with Crippen molar-refractivity contribution in [2.75, 3.05) is 13.7 Å². The molecule has 0 fully saturated rings. The quantitative estimate of drug-likeness (QED) is 0.548. The van der Waals surface area contributed by atoms with Gasteiger partial charge in [0.2, 0.25) is 0 Å². The van der Waals surface area contributed by atoms with Crippen LogP contribution in [0.15, 0.2) is 12.1 Å². The van der Waals surface area contributed by atoms with Crippen LogP contribution in [0.2, 0.25) is 0 Å². The van der Waals surface area contributed by atoms with Crippen LogP contribution in [0.1, 0.15) is 21.5 Å². The SMILES string of the molecule is COC(=O)C1COc2c(ccc(C)c2C)C1=O. The van der Waals surface area contributed by atoms with Crippen LogP contribution in [-0.2, 0) is 9.53 Å². The van der Waals surface area contributed by atoms with Crippen molar-refractivity contribution in [1.29, 1.82) is 0 Å². The summed E-state index contributed by atoms with van der Waals surface area (Å²) in [6.07, 6.45) is 0. The van der Waals surface area contributed by atoms with Crippen molar-refractivity contribution < 1.29 is 19.1 Å². The van der Waals surface area contributed by atoms with E-state index in [0.29, 0.717) is 11.3 Å². The first-order valence-corrected chi connectivity index (χ1v) is 5.41. The zero-order valence-corrected chi connectivity index (χ0v) is 10.1. The second-order valence-corrected chi connectivity index (χ2v) is 4.14. The third kappa shape index (κ3) is 1.79. The third-order valence-electron chi connectivity index (χ3n) is 3.14. The van der Waals surface area contributed by atoms with Gasteiger partial charge in [-0.2, -0.15) is 0 Å². The monoisotopic (exact) mass is 234 g/mol. The van der Waals surface area contributed by atoms with E-state index < -0.39 is 11.9 Å². The number of Topliss-reactive ketones (excluding diaryl/α,β-unsaturated/α-hetero) is 1. The average Bonchev–Trinajstić information content (AvgIpc) is 2.33. The Balaban J connectivity index is 2.44. The van der Waals surface area contributed by atoms with Crippen LogP contribution in [0.3, 0.4) is 0 Å². The molecular formula is C13H14O4. The predicted octanol–water partition coefficient (Wildman–Crippen LogP) is 1.67. The Morgan fingerprint density at radius 3 is 2.76 bits per heavy atom. The first-order chi connectivity index (χ1) is 8.06. The molecule has 1 atom stereocenters. The molecule has 0 aliphatic carbocycles. The topological polar surface area (TPSA) is 52.6 Å². The molecular weight excluding hydrogens is 220 g/mol. The maximum atomic E-state index is 12.1. The van der Waals surface area contributed by atoms with Crippen LogP contribution in [0, 0.1) is 19.8 Å². The largest absolute Gasteiger partial charge is 0.491 e. The molecule has 1 aliphatic heterocycles. The van der Waals surface area contributed by atoms with Gasteiger partial charge in [-0.25, -0.2) is 0 Å². The molecule has 1 aliphatic rings. The lowest BCUT2D eigenvalue weighted by molar-refractivity contribution is -0.144. The Morgan fingerprint density at radius 2 is 2.12 bits per heavy atom. The van der Waals surface area contributed by atoms with Crippen molar-refractivity contribution in [2.45, 2.75) is 13.8 Å². The standard InChI is InChI=1S/C13H14O4/c1-7-4-5-9-11(14)10(13(15)16-3)6-17-12(9)8(7)2/h4-5,10H,6H2,1-3H3. The zero-order valence-electron chi connectivity index (χ0n) is 10.1. The molecule has 0 amide bonds. The van der Waals surface area contributed by atoms with Crippen molar-refractivity contribution >= 4 is 11.8 Å². The predicted molar refractivity (Wildman–Crippen MR) is 61.2 cm³/mol. The third-order valence-corrected chi connectivity index (χ3v) is 3.14. The fourth-order valence-electron chi connectivity index (χ4n) is 1.92. The molecule has 0 bridgehead atoms. The summed E-state index contributed by atoms with van der Waals surface area (Å²) in [5, 5.41) is 0. The first-order valence-electron chi connectivity index (χ1n) is 5.41. The lowest BCUT2D eigenvalue weighted by Crippen LogP contribution is -2.35. The maximum Gasteiger partial charge on any atom is 0.320 e. The molecule has 2 rings (SSSR count). The maximum absolute atomic E-state index is 12.1. The number of esters is 1. The van der Waals surface area contributed by atoms with Gasteiger partial charge in [0.05, 0.1) is 12.7 Å². The van der Waals surface area contributed by atoms with E-state index >= 15 is 0 Å². The molecule has 4 heteroatoms. The molecule has 1 heterocycles. The number of rotatable bonds is 1. The number of ketones is 1. The minimum Gasteiger partial charge on any atom is -0.491 e. The minimum absolute atomic E-state index is 0.0583. The molecule has 1 unspecified atom stereocenters. The molecule has 0 aromatic heterocycles. The van der Waals surface area contributed by atoms with Gasteiger partial charge in [-0.05, 0) is 31.0 Å². The highest BCUT2D eigenvalue weighted by atomic mass is 16.5. The summed E-state index contributed by atoms with van der Waals surface area (Å²) in [6, 6.07) is 3.56. The van der Waals surface area contributed by atoms with E-state index in [0.717, 1.165) is 11.1 Å². The van der Waals surface area contributed by atoms with Crippen LogP contribution < -0.4 is 4.74 Å². The van der Waals surface area contributed by atoms with Crippen LogP contribution in [0.4, 0.5) is 0 Å². The van der Waals surface area contributed by atoms with Crippen LogP contribution in [0.5, 0.6) is 5.75 Å². The molecule has 90 valence electrons. The molecule has 4 nitrogen and oxygen atoms in total. The van der Waals surface area contributed by atoms with Gasteiger partial charge < -0.3 is 9.47 Å². The van der Waals surface area contributed by atoms with Gasteiger partial charge in [-0.1, -0.05) is 6.07 Å². The molecule has 1 aromatic carbocycles. The Morgan fingerprint density at radius 1 is 1.41 bits per heavy atom. The molecule has 0 spiro atoms. The summed E-state index contributed by atoms with van der Waals surface area (Å²) in [4.78, 5) is 23.5. The fourth-order valence-corrected chi connectivity index (χ4v) is 1.92. The molecule has 1 aromatic rings. The van der Waals surface area contributed by atoms with Gasteiger partial charge in [-0.15, -0.1) is 0 Å². The van der Waals surface area contributed by atoms with E-state index in [2.05, 4.69) is 4.74 Å². The number of carbonyl (C=O) groups is 2. The van der Waals surface area contributed by atoms with Gasteiger partial charge in [0.15, 0.2) is 11.7 Å². The second-order valence-electron chi connectivity index (χ2n) is 4.14. The normalized spacial score (nSPS) is 18.3. The Hall–Kier alpha value is -1.84. The number of carbonyl (C=O) groups excluding carboxylic acids is 2. The Kier molecular flexibility index (Phi) is 2.88. The lowest BCUT2D eigenvalue weighted by Gasteiger charge is -2.24. The summed E-state index contributed by atoms with van der Waals surface area (Å²) in [6.45, 7) is 3.92. The fraction of sp³-hybridized carbons (Fsp3) is 0.385. The lowest BCUT2D eigenvalue weighted by atomic mass is 9.92. The van der Waals surface area contributed by atoms with E-state index in [4.69, 9.17) is 4.74 Å². The molecule has 17 heavy (non-hydrogen) atoms. The Bertz CT molecular complexity index is 490. The van der Waals surface area contributed by atoms with Gasteiger partial charge in [-0.3, -0.25) is 9.59 Å². The number of benzene rings is 1. The summed E-state index contributed by atoms with van der Waals surface area (Å²) >= 11 is 0. The molecule has 0 saturated carbocycles. The van der Waals surface area contributed by atoms with Gasteiger partial charge in [0.25, 0.3) is 0 Å². The van der Waals surface area contributed by atoms with Crippen molar-refractivity contribution in [3.05, 3.63) is 28.8 Å². The van der Waals surface area contributed by atoms with Crippen molar-refractivity contribution in [3.8, 4) is 5.75 Å². The first kappa shape index (κ1) is 11.6. The smallest absolute Gasteiger partial charge is 0.320 e. The number of fused-ring (bicyclic) bond motifs is 1. The Labute approximate surface area is 99.5 Å². The van der Waals surface area contributed by atoms with Crippen LogP contribution in [-0.4, -0.2) is 25.5 Å². The highest BCUT2D eigenvalue weighted by Crippen LogP contribution is 2.32. The van der Waals surface area contributed by atoms with Crippen molar-refractivity contribution in [3.63, 3.8) is 0 Å². The number of hydrogen-bond donors (Lipinski definition) is 0. The van der Waals surface area contributed by atoms with Crippen LogP contribution in [0.25, 0.3) is 0 Å². The van der Waals surface area contributed by atoms with E-state index in [1.807, 2.05) is 19.9 Å². The number of ether oxygens (including phenoxy) is 2. The highest BCUT2D eigenvalue weighted by molar-refractivity contribution is 6.11. The number of methoxy groups -OCH3 is 1. The summed E-state index contributed by atoms with van der Waals surface area (Å²) in [5.74, 6) is -1.01. The van der Waals surface area contributed by atoms with Crippen molar-refractivity contribution in [2.24, 2.45) is 5.92 Å². The molecule has 0 radical (unpaired) electrons. The zero-order chi connectivity index (χ0) is 12.6. The average molecular weight is 234 g/mol. The van der Waals surface area contributed by atoms with E-state index in [-0.39, 0.29) is 12.4 Å². The summed E-state index contributed by atoms with van der Waals surface area (Å²) in [7, 11) is 1.27. The second kappa shape index (κ2) is 4.20. The van der Waals surface area contributed by atoms with Crippen molar-refractivity contribution in [1.82, 2.24) is 0 Å². The van der Waals surface area contributed by atoms with E-state index in [9.17, 15) is 9.59 Å². The number of aryl methyl sites for hydroxylation is 1. The summed E-state index contributed by atoms with van der Waals surface area (Å²) < 4.78 is 10.1. The van der Waals surface area contributed by atoms with E-state index in [1.165, 1.54) is 7.11 Å². The van der Waals surface area contributed by atoms with Gasteiger partial charge in [0, 0.05) is 0 Å². The minimum atomic E-state index is -0.838. The van der Waals surface area contributed by atoms with E-state index in [1.54, 1.807) is 6.07 Å². The highest BCUT2D eigenvalue weighted by Gasteiger charge is 2.35. The molecule has 0 N–H and O–H groups in total. The molecule has 0 saturated heterocycles. The van der Waals surface area contributed by atoms with Gasteiger partial charge in [0.1, 0.15) is 12.4 Å². The number of hydrogen-bond acceptors (Lipinski definition) is 4. The summed E-state index contributed by atoms with van der Waals surface area (Å²) in [5.41, 5.74) is 2.47.